The lowest BCUT2D eigenvalue weighted by molar-refractivity contribution is -0.217. The number of rotatable bonds is 9. The average molecular weight is 266 g/mol. The van der Waals surface area contributed by atoms with Crippen LogP contribution in [-0.4, -0.2) is 30.8 Å². The van der Waals surface area contributed by atoms with Crippen LogP contribution in [0.1, 0.15) is 25.3 Å². The summed E-state index contributed by atoms with van der Waals surface area (Å²) in [4.78, 5) is 13.8. The zero-order chi connectivity index (χ0) is 13.9. The number of nitrogens with zero attached hydrogens (tertiary/aromatic N) is 1. The fraction of sp³-hybridized carbons (Fsp3) is 0.500. The van der Waals surface area contributed by atoms with E-state index in [-0.39, 0.29) is 12.6 Å². The number of nitrogens with two attached hydrogens (primary N) is 1. The van der Waals surface area contributed by atoms with Gasteiger partial charge in [0.05, 0.1) is 19.3 Å². The van der Waals surface area contributed by atoms with E-state index in [0.717, 1.165) is 24.1 Å². The second-order valence-electron chi connectivity index (χ2n) is 4.31. The number of benzene rings is 1. The quantitative estimate of drug-likeness (QED) is 0.179. The van der Waals surface area contributed by atoms with Gasteiger partial charge in [0, 0.05) is 5.69 Å². The van der Waals surface area contributed by atoms with Crippen LogP contribution in [0.2, 0.25) is 0 Å². The molecule has 1 aromatic carbocycles. The predicted molar refractivity (Wildman–Crippen MR) is 75.9 cm³/mol. The lowest BCUT2D eigenvalue weighted by Gasteiger charge is -2.09. The van der Waals surface area contributed by atoms with E-state index in [1.165, 1.54) is 6.40 Å². The maximum absolute atomic E-state index is 9.25. The lowest BCUT2D eigenvalue weighted by Crippen LogP contribution is -2.14. The molecule has 5 nitrogen and oxygen atoms in total. The summed E-state index contributed by atoms with van der Waals surface area (Å²) in [6.07, 6.45) is 3.87. The Bertz CT molecular complexity index is 365. The van der Waals surface area contributed by atoms with Crippen LogP contribution in [0.15, 0.2) is 29.3 Å². The van der Waals surface area contributed by atoms with E-state index >= 15 is 0 Å². The highest BCUT2D eigenvalue weighted by molar-refractivity contribution is 5.46. The highest BCUT2D eigenvalue weighted by atomic mass is 17.2. The molecule has 0 aliphatic carbocycles. The Hall–Kier alpha value is -1.59. The SMILES string of the molecule is CCCCOOC=N[C@H](CO)Cc1ccc(N)cc1. The molecule has 1 atom stereocenters. The number of aliphatic hydroxyl groups excluding tert-OH is 1. The molecule has 106 valence electrons. The second kappa shape index (κ2) is 9.35. The van der Waals surface area contributed by atoms with Crippen LogP contribution >= 0.6 is 0 Å². The van der Waals surface area contributed by atoms with E-state index < -0.39 is 0 Å². The molecule has 0 heterocycles. The van der Waals surface area contributed by atoms with Crippen molar-refractivity contribution in [2.24, 2.45) is 4.99 Å². The van der Waals surface area contributed by atoms with Crippen molar-refractivity contribution >= 4 is 12.1 Å². The third-order valence-corrected chi connectivity index (χ3v) is 2.63. The van der Waals surface area contributed by atoms with Gasteiger partial charge in [0.1, 0.15) is 0 Å². The van der Waals surface area contributed by atoms with Crippen LogP contribution in [0.5, 0.6) is 0 Å². The van der Waals surface area contributed by atoms with Crippen molar-refractivity contribution < 1.29 is 14.9 Å². The smallest absolute Gasteiger partial charge is 0.215 e. The molecular formula is C14H22N2O3. The Morgan fingerprint density at radius 3 is 2.74 bits per heavy atom. The molecule has 0 aliphatic heterocycles. The molecule has 0 radical (unpaired) electrons. The van der Waals surface area contributed by atoms with E-state index in [0.29, 0.717) is 13.0 Å². The second-order valence-corrected chi connectivity index (χ2v) is 4.31. The topological polar surface area (TPSA) is 77.1 Å². The lowest BCUT2D eigenvalue weighted by atomic mass is 10.1. The van der Waals surface area contributed by atoms with Crippen molar-refractivity contribution in [2.45, 2.75) is 32.2 Å². The zero-order valence-electron chi connectivity index (χ0n) is 11.3. The van der Waals surface area contributed by atoms with Crippen LogP contribution in [0, 0.1) is 0 Å². The first-order chi connectivity index (χ1) is 9.26. The maximum Gasteiger partial charge on any atom is 0.215 e. The fourth-order valence-electron chi connectivity index (χ4n) is 1.48. The van der Waals surface area contributed by atoms with Crippen LogP contribution < -0.4 is 5.73 Å². The molecule has 19 heavy (non-hydrogen) atoms. The third kappa shape index (κ3) is 6.79. The Kier molecular flexibility index (Phi) is 7.62. The highest BCUT2D eigenvalue weighted by Crippen LogP contribution is 2.09. The Balaban J connectivity index is 2.32. The van der Waals surface area contributed by atoms with Gasteiger partial charge in [-0.25, -0.2) is 4.99 Å². The van der Waals surface area contributed by atoms with Gasteiger partial charge < -0.3 is 15.7 Å². The van der Waals surface area contributed by atoms with Gasteiger partial charge in [-0.1, -0.05) is 25.5 Å². The van der Waals surface area contributed by atoms with Crippen molar-refractivity contribution in [1.82, 2.24) is 0 Å². The summed E-state index contributed by atoms with van der Waals surface area (Å²) in [5.41, 5.74) is 7.40. The van der Waals surface area contributed by atoms with Crippen molar-refractivity contribution in [3.63, 3.8) is 0 Å². The van der Waals surface area contributed by atoms with Gasteiger partial charge in [0.25, 0.3) is 0 Å². The number of aliphatic imine (C=N–C) groups is 1. The first-order valence-corrected chi connectivity index (χ1v) is 6.51. The minimum Gasteiger partial charge on any atom is -0.399 e. The first-order valence-electron chi connectivity index (χ1n) is 6.51. The largest absolute Gasteiger partial charge is 0.399 e. The number of hydrogen-bond acceptors (Lipinski definition) is 5. The van der Waals surface area contributed by atoms with E-state index in [2.05, 4.69) is 11.9 Å². The molecule has 0 saturated carbocycles. The fourth-order valence-corrected chi connectivity index (χ4v) is 1.48. The molecule has 5 heteroatoms. The molecule has 1 aromatic rings. The predicted octanol–water partition coefficient (Wildman–Crippen LogP) is 1.95. The standard InChI is InChI=1S/C14H22N2O3/c1-2-3-8-18-19-11-16-14(10-17)9-12-4-6-13(15)7-5-12/h4-7,11,14,17H,2-3,8-10,15H2,1H3/t14-/m0/s1. The van der Waals surface area contributed by atoms with E-state index in [1.807, 2.05) is 24.3 Å². The number of nitrogen functional groups attached to an aromatic ring is 1. The monoisotopic (exact) mass is 266 g/mol. The third-order valence-electron chi connectivity index (χ3n) is 2.63. The van der Waals surface area contributed by atoms with E-state index in [9.17, 15) is 5.11 Å². The Morgan fingerprint density at radius 1 is 1.37 bits per heavy atom. The molecule has 0 spiro atoms. The van der Waals surface area contributed by atoms with Gasteiger partial charge in [0.2, 0.25) is 6.40 Å². The molecule has 0 saturated heterocycles. The molecule has 0 unspecified atom stereocenters. The van der Waals surface area contributed by atoms with Crippen LogP contribution in [0.4, 0.5) is 5.69 Å². The summed E-state index contributed by atoms with van der Waals surface area (Å²) in [7, 11) is 0. The van der Waals surface area contributed by atoms with Gasteiger partial charge in [0.15, 0.2) is 0 Å². The van der Waals surface area contributed by atoms with Crippen LogP contribution in [0.3, 0.4) is 0 Å². The maximum atomic E-state index is 9.25. The zero-order valence-corrected chi connectivity index (χ0v) is 11.3. The van der Waals surface area contributed by atoms with Gasteiger partial charge >= 0.3 is 0 Å². The molecule has 0 aromatic heterocycles. The van der Waals surface area contributed by atoms with E-state index in [1.54, 1.807) is 0 Å². The number of unbranched alkanes of at least 4 members (excludes halogenated alkanes) is 1. The summed E-state index contributed by atoms with van der Waals surface area (Å²) in [6, 6.07) is 7.27. The van der Waals surface area contributed by atoms with Crippen LogP contribution in [-0.2, 0) is 16.2 Å². The van der Waals surface area contributed by atoms with E-state index in [4.69, 9.17) is 15.5 Å². The molecular weight excluding hydrogens is 244 g/mol. The summed E-state index contributed by atoms with van der Waals surface area (Å²) in [5.74, 6) is 0. The minimum atomic E-state index is -0.238. The van der Waals surface area contributed by atoms with Gasteiger partial charge in [-0.05, 0) is 30.5 Å². The summed E-state index contributed by atoms with van der Waals surface area (Å²) < 4.78 is 0. The normalized spacial score (nSPS) is 12.7. The Morgan fingerprint density at radius 2 is 2.11 bits per heavy atom. The number of aliphatic hydroxyl groups is 1. The minimum absolute atomic E-state index is 0.0425. The van der Waals surface area contributed by atoms with Crippen molar-refractivity contribution in [1.29, 1.82) is 0 Å². The first kappa shape index (κ1) is 15.5. The highest BCUT2D eigenvalue weighted by Gasteiger charge is 2.06. The Labute approximate surface area is 114 Å². The average Bonchev–Trinajstić information content (AvgIpc) is 2.43. The van der Waals surface area contributed by atoms with Crippen molar-refractivity contribution in [3.8, 4) is 0 Å². The molecule has 0 bridgehead atoms. The number of hydrogen-bond donors (Lipinski definition) is 2. The van der Waals surface area contributed by atoms with Crippen molar-refractivity contribution in [2.75, 3.05) is 18.9 Å². The molecule has 3 N–H and O–H groups in total. The van der Waals surface area contributed by atoms with Gasteiger partial charge in [-0.2, -0.15) is 4.89 Å². The van der Waals surface area contributed by atoms with Crippen LogP contribution in [0.25, 0.3) is 0 Å². The van der Waals surface area contributed by atoms with Gasteiger partial charge in [-0.15, -0.1) is 0 Å². The molecule has 0 amide bonds. The number of anilines is 1. The van der Waals surface area contributed by atoms with Crippen molar-refractivity contribution in [3.05, 3.63) is 29.8 Å². The summed E-state index contributed by atoms with van der Waals surface area (Å²) in [5, 5.41) is 9.25. The molecule has 1 rings (SSSR count). The molecule has 0 fully saturated rings. The molecule has 0 aliphatic rings. The van der Waals surface area contributed by atoms with Gasteiger partial charge in [-0.3, -0.25) is 0 Å². The summed E-state index contributed by atoms with van der Waals surface area (Å²) in [6.45, 7) is 2.58. The summed E-state index contributed by atoms with van der Waals surface area (Å²) >= 11 is 0.